The average molecular weight is 246 g/mol. The van der Waals surface area contributed by atoms with Gasteiger partial charge in [-0.3, -0.25) is 0 Å². The van der Waals surface area contributed by atoms with Crippen LogP contribution in [0, 0.1) is 0 Å². The molecule has 0 amide bonds. The summed E-state index contributed by atoms with van der Waals surface area (Å²) in [5, 5.41) is 2.96. The molecule has 2 aliphatic rings. The number of nitrogens with one attached hydrogen (secondary N) is 1. The molecule has 2 atom stereocenters. The summed E-state index contributed by atoms with van der Waals surface area (Å²) in [4.78, 5) is 0. The molecule has 0 spiro atoms. The Labute approximate surface area is 98.4 Å². The van der Waals surface area contributed by atoms with Crippen LogP contribution in [0.2, 0.25) is 0 Å². The zero-order valence-corrected chi connectivity index (χ0v) is 10.8. The van der Waals surface area contributed by atoms with Gasteiger partial charge in [-0.15, -0.1) is 0 Å². The van der Waals surface area contributed by atoms with Crippen molar-refractivity contribution in [1.82, 2.24) is 9.62 Å². The molecule has 0 aromatic rings. The first-order chi connectivity index (χ1) is 7.66. The monoisotopic (exact) mass is 246 g/mol. The molecule has 0 aliphatic carbocycles. The van der Waals surface area contributed by atoms with Crippen molar-refractivity contribution < 1.29 is 8.42 Å². The fraction of sp³-hybridized carbons (Fsp3) is 1.00. The highest BCUT2D eigenvalue weighted by atomic mass is 32.2. The first-order valence-corrected chi connectivity index (χ1v) is 7.88. The Morgan fingerprint density at radius 1 is 1.31 bits per heavy atom. The zero-order chi connectivity index (χ0) is 11.6. The number of sulfonamides is 1. The lowest BCUT2D eigenvalue weighted by molar-refractivity contribution is 0.244. The zero-order valence-electron chi connectivity index (χ0n) is 9.98. The Bertz CT molecular complexity index is 323. The summed E-state index contributed by atoms with van der Waals surface area (Å²) < 4.78 is 26.7. The molecular weight excluding hydrogens is 224 g/mol. The Hall–Kier alpha value is -0.130. The third-order valence-corrected chi connectivity index (χ3v) is 6.19. The lowest BCUT2D eigenvalue weighted by Gasteiger charge is -2.35. The molecule has 0 radical (unpaired) electrons. The van der Waals surface area contributed by atoms with E-state index in [1.807, 2.05) is 0 Å². The molecule has 94 valence electrons. The van der Waals surface area contributed by atoms with Crippen LogP contribution < -0.4 is 5.32 Å². The van der Waals surface area contributed by atoms with E-state index in [2.05, 4.69) is 12.2 Å². The second-order valence-corrected chi connectivity index (χ2v) is 6.99. The van der Waals surface area contributed by atoms with Gasteiger partial charge in [0.2, 0.25) is 10.0 Å². The Morgan fingerprint density at radius 2 is 2.12 bits per heavy atom. The maximum Gasteiger partial charge on any atom is 0.218 e. The number of hydrogen-bond donors (Lipinski definition) is 1. The maximum absolute atomic E-state index is 12.4. The summed E-state index contributed by atoms with van der Waals surface area (Å²) in [6.45, 7) is 4.30. The van der Waals surface area contributed by atoms with Crippen LogP contribution in [0.3, 0.4) is 0 Å². The van der Waals surface area contributed by atoms with Gasteiger partial charge >= 0.3 is 0 Å². The van der Waals surface area contributed by atoms with Crippen molar-refractivity contribution in [1.29, 1.82) is 0 Å². The normalized spacial score (nSPS) is 33.1. The molecule has 5 heteroatoms. The topological polar surface area (TPSA) is 49.4 Å². The third-order valence-electron chi connectivity index (χ3n) is 3.81. The third kappa shape index (κ3) is 2.26. The van der Waals surface area contributed by atoms with Crippen molar-refractivity contribution >= 4 is 10.0 Å². The number of rotatable bonds is 3. The van der Waals surface area contributed by atoms with Gasteiger partial charge in [0.1, 0.15) is 0 Å². The standard InChI is InChI=1S/C11H22N2O2S/c1-2-10-5-3-4-8-13(10)16(14,15)11-6-7-12-9-11/h10-12H,2-9H2,1H3. The highest BCUT2D eigenvalue weighted by Gasteiger charge is 2.38. The molecule has 0 saturated carbocycles. The second kappa shape index (κ2) is 5.02. The van der Waals surface area contributed by atoms with Crippen LogP contribution in [0.25, 0.3) is 0 Å². The minimum atomic E-state index is -3.05. The SMILES string of the molecule is CCC1CCCCN1S(=O)(=O)C1CCNC1. The molecule has 1 N–H and O–H groups in total. The van der Waals surface area contributed by atoms with E-state index in [4.69, 9.17) is 0 Å². The van der Waals surface area contributed by atoms with Crippen LogP contribution in [0.4, 0.5) is 0 Å². The first kappa shape index (κ1) is 12.3. The minimum Gasteiger partial charge on any atom is -0.315 e. The van der Waals surface area contributed by atoms with Crippen LogP contribution in [-0.2, 0) is 10.0 Å². The van der Waals surface area contributed by atoms with Gasteiger partial charge in [-0.2, -0.15) is 4.31 Å². The van der Waals surface area contributed by atoms with Gasteiger partial charge in [0, 0.05) is 19.1 Å². The molecular formula is C11H22N2O2S. The van der Waals surface area contributed by atoms with E-state index in [-0.39, 0.29) is 11.3 Å². The van der Waals surface area contributed by atoms with Gasteiger partial charge in [0.15, 0.2) is 0 Å². The van der Waals surface area contributed by atoms with Crippen LogP contribution in [0.5, 0.6) is 0 Å². The summed E-state index contributed by atoms with van der Waals surface area (Å²) in [6, 6.07) is 0.249. The van der Waals surface area contributed by atoms with Crippen molar-refractivity contribution in [2.45, 2.75) is 50.3 Å². The molecule has 2 unspecified atom stereocenters. The van der Waals surface area contributed by atoms with Gasteiger partial charge in [-0.25, -0.2) is 8.42 Å². The number of nitrogens with zero attached hydrogens (tertiary/aromatic N) is 1. The molecule has 0 bridgehead atoms. The van der Waals surface area contributed by atoms with Crippen molar-refractivity contribution in [3.05, 3.63) is 0 Å². The van der Waals surface area contributed by atoms with Crippen molar-refractivity contribution in [2.24, 2.45) is 0 Å². The minimum absolute atomic E-state index is 0.181. The molecule has 2 fully saturated rings. The molecule has 2 rings (SSSR count). The summed E-state index contributed by atoms with van der Waals surface area (Å²) in [7, 11) is -3.05. The predicted molar refractivity (Wildman–Crippen MR) is 64.8 cm³/mol. The first-order valence-electron chi connectivity index (χ1n) is 6.37. The Balaban J connectivity index is 2.13. The molecule has 0 aromatic heterocycles. The molecule has 2 heterocycles. The lowest BCUT2D eigenvalue weighted by Crippen LogP contribution is -2.48. The quantitative estimate of drug-likeness (QED) is 0.806. The fourth-order valence-corrected chi connectivity index (χ4v) is 4.97. The van der Waals surface area contributed by atoms with Crippen LogP contribution in [0.1, 0.15) is 39.0 Å². The summed E-state index contributed by atoms with van der Waals surface area (Å²) >= 11 is 0. The van der Waals surface area contributed by atoms with Gasteiger partial charge in [-0.1, -0.05) is 13.3 Å². The van der Waals surface area contributed by atoms with E-state index < -0.39 is 10.0 Å². The highest BCUT2D eigenvalue weighted by molar-refractivity contribution is 7.89. The van der Waals surface area contributed by atoms with Crippen molar-refractivity contribution in [3.63, 3.8) is 0 Å². The van der Waals surface area contributed by atoms with E-state index in [0.717, 1.165) is 38.8 Å². The fourth-order valence-electron chi connectivity index (χ4n) is 2.79. The van der Waals surface area contributed by atoms with E-state index in [1.54, 1.807) is 4.31 Å². The summed E-state index contributed by atoms with van der Waals surface area (Å²) in [5.41, 5.74) is 0. The van der Waals surface area contributed by atoms with Crippen LogP contribution in [0.15, 0.2) is 0 Å². The van der Waals surface area contributed by atoms with E-state index >= 15 is 0 Å². The van der Waals surface area contributed by atoms with Gasteiger partial charge in [0.25, 0.3) is 0 Å². The average Bonchev–Trinajstić information content (AvgIpc) is 2.83. The van der Waals surface area contributed by atoms with Gasteiger partial charge in [0.05, 0.1) is 5.25 Å². The van der Waals surface area contributed by atoms with Crippen molar-refractivity contribution in [3.8, 4) is 0 Å². The van der Waals surface area contributed by atoms with Crippen LogP contribution >= 0.6 is 0 Å². The van der Waals surface area contributed by atoms with E-state index in [1.165, 1.54) is 6.42 Å². The number of piperidine rings is 1. The highest BCUT2D eigenvalue weighted by Crippen LogP contribution is 2.26. The van der Waals surface area contributed by atoms with E-state index in [9.17, 15) is 8.42 Å². The predicted octanol–water partition coefficient (Wildman–Crippen LogP) is 0.943. The lowest BCUT2D eigenvalue weighted by atomic mass is 10.0. The van der Waals surface area contributed by atoms with Gasteiger partial charge < -0.3 is 5.32 Å². The summed E-state index contributed by atoms with van der Waals surface area (Å²) in [5.74, 6) is 0. The van der Waals surface area contributed by atoms with E-state index in [0.29, 0.717) is 6.54 Å². The molecule has 16 heavy (non-hydrogen) atoms. The van der Waals surface area contributed by atoms with Gasteiger partial charge in [-0.05, 0) is 32.2 Å². The van der Waals surface area contributed by atoms with Crippen LogP contribution in [-0.4, -0.2) is 43.6 Å². The number of hydrogen-bond acceptors (Lipinski definition) is 3. The Morgan fingerprint density at radius 3 is 2.75 bits per heavy atom. The smallest absolute Gasteiger partial charge is 0.218 e. The second-order valence-electron chi connectivity index (χ2n) is 4.83. The molecule has 2 aliphatic heterocycles. The van der Waals surface area contributed by atoms with Crippen molar-refractivity contribution in [2.75, 3.05) is 19.6 Å². The maximum atomic E-state index is 12.4. The largest absolute Gasteiger partial charge is 0.315 e. The molecule has 0 aromatic carbocycles. The molecule has 4 nitrogen and oxygen atoms in total. The summed E-state index contributed by atoms with van der Waals surface area (Å²) in [6.07, 6.45) is 4.95. The molecule has 2 saturated heterocycles. The Kier molecular flexibility index (Phi) is 3.87.